The number of nitrogens with zero attached hydrogens (tertiary/aromatic N) is 2. The van der Waals surface area contributed by atoms with Crippen molar-refractivity contribution in [2.24, 2.45) is 4.99 Å². The molecule has 168 valence electrons. The van der Waals surface area contributed by atoms with Crippen LogP contribution in [0.15, 0.2) is 132 Å². The van der Waals surface area contributed by atoms with E-state index in [-0.39, 0.29) is 17.5 Å². The highest BCUT2D eigenvalue weighted by Crippen LogP contribution is 2.62. The van der Waals surface area contributed by atoms with Gasteiger partial charge in [0.05, 0.1) is 17.8 Å². The predicted octanol–water partition coefficient (Wildman–Crippen LogP) is 7.99. The minimum absolute atomic E-state index is 0.112. The smallest absolute Gasteiger partial charge is 0.124 e. The van der Waals surface area contributed by atoms with E-state index in [0.29, 0.717) is 0 Å². The van der Waals surface area contributed by atoms with Gasteiger partial charge in [0.25, 0.3) is 0 Å². The third-order valence-corrected chi connectivity index (χ3v) is 7.89. The van der Waals surface area contributed by atoms with Crippen molar-refractivity contribution in [1.29, 1.82) is 0 Å². The van der Waals surface area contributed by atoms with Crippen LogP contribution in [0, 0.1) is 0 Å². The first-order valence-electron chi connectivity index (χ1n) is 12.4. The molecule has 0 amide bonds. The standard InChI is InChI=1S/C33H26N2/c1-23-27-19-10-11-22-30(27)34-32-33(25-15-4-2-5-16-25,26-17-6-3-7-18-26)31(35(23)32)29-21-12-14-24-13-8-9-20-28(24)29/h2-23,31H,1H3/t23-,31-/m0/s1. The normalized spacial score (nSPS) is 19.9. The summed E-state index contributed by atoms with van der Waals surface area (Å²) in [6.45, 7) is 2.32. The van der Waals surface area contributed by atoms with Crippen LogP contribution in [0.5, 0.6) is 0 Å². The van der Waals surface area contributed by atoms with Crippen molar-refractivity contribution < 1.29 is 0 Å². The highest BCUT2D eigenvalue weighted by atomic mass is 15.3. The maximum atomic E-state index is 5.37. The van der Waals surface area contributed by atoms with E-state index >= 15 is 0 Å². The van der Waals surface area contributed by atoms with E-state index < -0.39 is 0 Å². The average molecular weight is 451 g/mol. The van der Waals surface area contributed by atoms with Crippen LogP contribution in [0.4, 0.5) is 5.69 Å². The topological polar surface area (TPSA) is 15.6 Å². The molecule has 35 heavy (non-hydrogen) atoms. The maximum Gasteiger partial charge on any atom is 0.124 e. The minimum Gasteiger partial charge on any atom is -0.343 e. The van der Waals surface area contributed by atoms with Crippen molar-refractivity contribution in [3.8, 4) is 0 Å². The second-order valence-electron chi connectivity index (χ2n) is 9.59. The molecule has 2 aliphatic rings. The Morgan fingerprint density at radius 1 is 0.600 bits per heavy atom. The molecule has 2 aliphatic heterocycles. The SMILES string of the molecule is C[C@H]1c2ccccc2N=C2N1[C@@H](c1cccc3ccccc13)C2(c1ccccc1)c1ccccc1. The van der Waals surface area contributed by atoms with Gasteiger partial charge in [-0.15, -0.1) is 0 Å². The first-order chi connectivity index (χ1) is 17.3. The summed E-state index contributed by atoms with van der Waals surface area (Å²) in [6.07, 6.45) is 0. The van der Waals surface area contributed by atoms with E-state index in [9.17, 15) is 0 Å². The quantitative estimate of drug-likeness (QED) is 0.272. The zero-order valence-corrected chi connectivity index (χ0v) is 19.7. The molecule has 2 atom stereocenters. The lowest BCUT2D eigenvalue weighted by molar-refractivity contribution is 0.123. The third kappa shape index (κ3) is 2.74. The number of hydrogen-bond donors (Lipinski definition) is 0. The van der Waals surface area contributed by atoms with Gasteiger partial charge in [-0.3, -0.25) is 0 Å². The summed E-state index contributed by atoms with van der Waals surface area (Å²) in [6, 6.07) is 46.4. The average Bonchev–Trinajstić information content (AvgIpc) is 2.92. The van der Waals surface area contributed by atoms with Crippen molar-refractivity contribution in [1.82, 2.24) is 4.90 Å². The van der Waals surface area contributed by atoms with Gasteiger partial charge in [-0.1, -0.05) is 121 Å². The lowest BCUT2D eigenvalue weighted by atomic mass is 9.58. The second kappa shape index (κ2) is 7.68. The second-order valence-corrected chi connectivity index (χ2v) is 9.59. The molecule has 7 rings (SSSR count). The van der Waals surface area contributed by atoms with Crippen molar-refractivity contribution >= 4 is 22.3 Å². The van der Waals surface area contributed by atoms with Crippen LogP contribution in [0.25, 0.3) is 10.8 Å². The molecule has 5 aromatic rings. The van der Waals surface area contributed by atoms with Gasteiger partial charge in [-0.2, -0.15) is 0 Å². The van der Waals surface area contributed by atoms with E-state index in [2.05, 4.69) is 139 Å². The van der Waals surface area contributed by atoms with Gasteiger partial charge in [-0.05, 0) is 40.5 Å². The number of rotatable bonds is 3. The lowest BCUT2D eigenvalue weighted by Gasteiger charge is -2.63. The van der Waals surface area contributed by atoms with Crippen LogP contribution in [-0.2, 0) is 5.41 Å². The van der Waals surface area contributed by atoms with Crippen LogP contribution >= 0.6 is 0 Å². The summed E-state index contributed by atoms with van der Waals surface area (Å²) in [5, 5.41) is 2.58. The van der Waals surface area contributed by atoms with E-state index in [1.807, 2.05) is 0 Å². The molecule has 2 heterocycles. The van der Waals surface area contributed by atoms with Gasteiger partial charge in [0.15, 0.2) is 0 Å². The summed E-state index contributed by atoms with van der Waals surface area (Å²) >= 11 is 0. The van der Waals surface area contributed by atoms with E-state index in [0.717, 1.165) is 11.5 Å². The molecule has 0 spiro atoms. The molecule has 0 unspecified atom stereocenters. The molecule has 2 heteroatoms. The fourth-order valence-corrected chi connectivity index (χ4v) is 6.36. The Hall–Kier alpha value is -4.17. The van der Waals surface area contributed by atoms with Gasteiger partial charge in [0.2, 0.25) is 0 Å². The largest absolute Gasteiger partial charge is 0.343 e. The number of hydrogen-bond acceptors (Lipinski definition) is 2. The Morgan fingerprint density at radius 3 is 1.91 bits per heavy atom. The van der Waals surface area contributed by atoms with E-state index in [1.54, 1.807) is 0 Å². The minimum atomic E-state index is -0.381. The van der Waals surface area contributed by atoms with Crippen LogP contribution < -0.4 is 0 Å². The lowest BCUT2D eigenvalue weighted by Crippen LogP contribution is -2.67. The monoisotopic (exact) mass is 450 g/mol. The zero-order chi connectivity index (χ0) is 23.4. The summed E-state index contributed by atoms with van der Waals surface area (Å²) in [7, 11) is 0. The Labute approximate surface area is 206 Å². The van der Waals surface area contributed by atoms with Crippen molar-refractivity contribution in [3.63, 3.8) is 0 Å². The molecule has 0 N–H and O–H groups in total. The van der Waals surface area contributed by atoms with Crippen molar-refractivity contribution in [2.75, 3.05) is 0 Å². The Balaban J connectivity index is 1.59. The molecule has 0 saturated carbocycles. The molecule has 0 bridgehead atoms. The summed E-state index contributed by atoms with van der Waals surface area (Å²) < 4.78 is 0. The van der Waals surface area contributed by atoms with Gasteiger partial charge >= 0.3 is 0 Å². The fraction of sp³-hybridized carbons (Fsp3) is 0.121. The van der Waals surface area contributed by atoms with E-state index in [1.165, 1.54) is 33.0 Å². The van der Waals surface area contributed by atoms with Crippen molar-refractivity contribution in [2.45, 2.75) is 24.4 Å². The van der Waals surface area contributed by atoms with E-state index in [4.69, 9.17) is 4.99 Å². The summed E-state index contributed by atoms with van der Waals surface area (Å²) in [4.78, 5) is 7.93. The zero-order valence-electron chi connectivity index (χ0n) is 19.7. The van der Waals surface area contributed by atoms with Gasteiger partial charge in [0.1, 0.15) is 11.3 Å². The van der Waals surface area contributed by atoms with Crippen LogP contribution in [0.3, 0.4) is 0 Å². The van der Waals surface area contributed by atoms with Gasteiger partial charge in [-0.25, -0.2) is 4.99 Å². The fourth-order valence-electron chi connectivity index (χ4n) is 6.36. The Kier molecular flexibility index (Phi) is 4.44. The third-order valence-electron chi connectivity index (χ3n) is 7.89. The number of para-hydroxylation sites is 1. The predicted molar refractivity (Wildman–Crippen MR) is 144 cm³/mol. The highest BCUT2D eigenvalue weighted by Gasteiger charge is 2.63. The van der Waals surface area contributed by atoms with Crippen LogP contribution in [0.1, 0.15) is 41.3 Å². The number of amidine groups is 1. The molecular weight excluding hydrogens is 424 g/mol. The molecule has 2 nitrogen and oxygen atoms in total. The van der Waals surface area contributed by atoms with Crippen LogP contribution in [0.2, 0.25) is 0 Å². The summed E-state index contributed by atoms with van der Waals surface area (Å²) in [5.41, 5.74) is 5.90. The van der Waals surface area contributed by atoms with Gasteiger partial charge in [0, 0.05) is 5.56 Å². The molecular formula is C33H26N2. The highest BCUT2D eigenvalue weighted by molar-refractivity contribution is 6.07. The van der Waals surface area contributed by atoms with Crippen molar-refractivity contribution in [3.05, 3.63) is 150 Å². The Bertz CT molecular complexity index is 1520. The summed E-state index contributed by atoms with van der Waals surface area (Å²) in [5.74, 6) is 1.14. The number of aliphatic imine (C=N–C) groups is 1. The first kappa shape index (κ1) is 20.2. The molecule has 0 aliphatic carbocycles. The maximum absolute atomic E-state index is 5.37. The molecule has 5 aromatic carbocycles. The molecule has 0 radical (unpaired) electrons. The molecule has 1 saturated heterocycles. The Morgan fingerprint density at radius 2 is 1.17 bits per heavy atom. The number of fused-ring (bicyclic) bond motifs is 3. The molecule has 0 aromatic heterocycles. The van der Waals surface area contributed by atoms with Crippen LogP contribution in [-0.4, -0.2) is 10.7 Å². The molecule has 1 fully saturated rings. The van der Waals surface area contributed by atoms with Gasteiger partial charge < -0.3 is 4.90 Å². The first-order valence-corrected chi connectivity index (χ1v) is 12.4. The number of benzene rings is 5.